The van der Waals surface area contributed by atoms with Crippen molar-refractivity contribution >= 4 is 0 Å². The molecule has 0 aliphatic rings. The molecule has 100 valence electrons. The van der Waals surface area contributed by atoms with Gasteiger partial charge in [0, 0.05) is 11.3 Å². The summed E-state index contributed by atoms with van der Waals surface area (Å²) in [4.78, 5) is 8.29. The second-order valence-electron chi connectivity index (χ2n) is 3.96. The fourth-order valence-electron chi connectivity index (χ4n) is 1.71. The number of hydrogen-bond acceptors (Lipinski definition) is 4. The smallest absolute Gasteiger partial charge is 0.316 e. The lowest BCUT2D eigenvalue weighted by Crippen LogP contribution is -1.97. The van der Waals surface area contributed by atoms with Gasteiger partial charge < -0.3 is 9.47 Å². The number of halogens is 1. The maximum atomic E-state index is 13.8. The van der Waals surface area contributed by atoms with Crippen LogP contribution in [-0.2, 0) is 0 Å². The van der Waals surface area contributed by atoms with E-state index in [1.54, 1.807) is 18.2 Å². The molecule has 0 atom stereocenters. The van der Waals surface area contributed by atoms with Crippen molar-refractivity contribution in [1.82, 2.24) is 9.97 Å². The van der Waals surface area contributed by atoms with Crippen molar-refractivity contribution in [1.29, 1.82) is 0 Å². The van der Waals surface area contributed by atoms with E-state index < -0.39 is 5.82 Å². The minimum atomic E-state index is -0.408. The summed E-state index contributed by atoms with van der Waals surface area (Å²) in [6.07, 6.45) is 0. The third kappa shape index (κ3) is 2.99. The van der Waals surface area contributed by atoms with Gasteiger partial charge in [-0.2, -0.15) is 4.98 Å². The highest BCUT2D eigenvalue weighted by Gasteiger charge is 2.09. The van der Waals surface area contributed by atoms with Crippen LogP contribution in [0.1, 0.15) is 12.6 Å². The zero-order valence-corrected chi connectivity index (χ0v) is 11.1. The molecule has 1 heterocycles. The lowest BCUT2D eigenvalue weighted by molar-refractivity contribution is 0.321. The molecule has 0 radical (unpaired) electrons. The van der Waals surface area contributed by atoms with Gasteiger partial charge in [-0.3, -0.25) is 0 Å². The third-order valence-electron chi connectivity index (χ3n) is 2.54. The molecule has 0 aliphatic heterocycles. The van der Waals surface area contributed by atoms with Crippen molar-refractivity contribution in [2.45, 2.75) is 13.8 Å². The maximum absolute atomic E-state index is 13.8. The predicted molar refractivity (Wildman–Crippen MR) is 69.9 cm³/mol. The van der Waals surface area contributed by atoms with Crippen molar-refractivity contribution < 1.29 is 13.9 Å². The monoisotopic (exact) mass is 262 g/mol. The fourth-order valence-corrected chi connectivity index (χ4v) is 1.71. The Morgan fingerprint density at radius 3 is 2.63 bits per heavy atom. The van der Waals surface area contributed by atoms with Crippen LogP contribution in [-0.4, -0.2) is 23.7 Å². The Balaban J connectivity index is 2.41. The number of benzene rings is 1. The number of ether oxygens (including phenoxy) is 2. The van der Waals surface area contributed by atoms with Gasteiger partial charge in [0.15, 0.2) is 11.6 Å². The number of methoxy groups -OCH3 is 1. The molecular formula is C14H15FN2O2. The summed E-state index contributed by atoms with van der Waals surface area (Å²) in [6, 6.07) is 6.79. The number of aromatic nitrogens is 2. The average Bonchev–Trinajstić information content (AvgIpc) is 2.40. The Labute approximate surface area is 111 Å². The summed E-state index contributed by atoms with van der Waals surface area (Å²) in [5.74, 6) is -0.168. The number of rotatable bonds is 4. The predicted octanol–water partition coefficient (Wildman–Crippen LogP) is 3.00. The molecule has 0 saturated heterocycles. The van der Waals surface area contributed by atoms with Gasteiger partial charge in [-0.05, 0) is 38.1 Å². The van der Waals surface area contributed by atoms with Gasteiger partial charge in [0.2, 0.25) is 0 Å². The van der Waals surface area contributed by atoms with Crippen LogP contribution in [0.5, 0.6) is 11.8 Å². The van der Waals surface area contributed by atoms with Crippen LogP contribution in [0.15, 0.2) is 24.3 Å². The zero-order chi connectivity index (χ0) is 13.8. The highest BCUT2D eigenvalue weighted by atomic mass is 19.1. The molecule has 0 aliphatic carbocycles. The van der Waals surface area contributed by atoms with Crippen LogP contribution in [0.3, 0.4) is 0 Å². The van der Waals surface area contributed by atoms with Crippen molar-refractivity contribution in [3.05, 3.63) is 35.8 Å². The van der Waals surface area contributed by atoms with E-state index in [0.717, 1.165) is 5.69 Å². The Morgan fingerprint density at radius 2 is 2.00 bits per heavy atom. The van der Waals surface area contributed by atoms with Gasteiger partial charge in [0.25, 0.3) is 0 Å². The molecule has 4 nitrogen and oxygen atoms in total. The van der Waals surface area contributed by atoms with Crippen LogP contribution < -0.4 is 9.47 Å². The van der Waals surface area contributed by atoms with Crippen molar-refractivity contribution in [3.63, 3.8) is 0 Å². The Bertz CT molecular complexity index is 588. The molecule has 0 unspecified atom stereocenters. The minimum Gasteiger partial charge on any atom is -0.491 e. The van der Waals surface area contributed by atoms with Crippen LogP contribution in [0, 0.1) is 12.7 Å². The number of hydrogen-bond donors (Lipinski definition) is 0. The van der Waals surface area contributed by atoms with Crippen molar-refractivity contribution in [2.75, 3.05) is 13.7 Å². The van der Waals surface area contributed by atoms with Gasteiger partial charge in [0.05, 0.1) is 19.4 Å². The molecule has 5 heteroatoms. The number of aryl methyl sites for hydroxylation is 1. The summed E-state index contributed by atoms with van der Waals surface area (Å²) in [6.45, 7) is 4.07. The minimum absolute atomic E-state index is 0.240. The Kier molecular flexibility index (Phi) is 3.94. The Morgan fingerprint density at radius 1 is 1.21 bits per heavy atom. The SMILES string of the molecule is CCOc1ccc(-c2cc(C)nc(OC)n2)cc1F. The van der Waals surface area contributed by atoms with Crippen molar-refractivity contribution in [3.8, 4) is 23.0 Å². The summed E-state index contributed by atoms with van der Waals surface area (Å²) < 4.78 is 24.0. The van der Waals surface area contributed by atoms with E-state index in [1.807, 2.05) is 13.8 Å². The van der Waals surface area contributed by atoms with E-state index >= 15 is 0 Å². The normalized spacial score (nSPS) is 10.3. The average molecular weight is 262 g/mol. The molecule has 0 amide bonds. The van der Waals surface area contributed by atoms with Crippen LogP contribution in [0.2, 0.25) is 0 Å². The zero-order valence-electron chi connectivity index (χ0n) is 11.1. The van der Waals surface area contributed by atoms with E-state index in [-0.39, 0.29) is 11.8 Å². The maximum Gasteiger partial charge on any atom is 0.316 e. The second kappa shape index (κ2) is 5.65. The van der Waals surface area contributed by atoms with E-state index in [9.17, 15) is 4.39 Å². The molecule has 1 aromatic heterocycles. The van der Waals surface area contributed by atoms with Crippen LogP contribution in [0.4, 0.5) is 4.39 Å². The second-order valence-corrected chi connectivity index (χ2v) is 3.96. The standard InChI is InChI=1S/C14H15FN2O2/c1-4-19-13-6-5-10(8-11(13)15)12-7-9(2)16-14(17-12)18-3/h5-8H,4H2,1-3H3. The fraction of sp³-hybridized carbons (Fsp3) is 0.286. The van der Waals surface area contributed by atoms with Gasteiger partial charge in [0.1, 0.15) is 0 Å². The molecule has 0 N–H and O–H groups in total. The molecule has 0 saturated carbocycles. The first-order valence-electron chi connectivity index (χ1n) is 5.96. The van der Waals surface area contributed by atoms with E-state index in [4.69, 9.17) is 9.47 Å². The van der Waals surface area contributed by atoms with Crippen LogP contribution >= 0.6 is 0 Å². The molecule has 0 bridgehead atoms. The highest BCUT2D eigenvalue weighted by molar-refractivity contribution is 5.61. The summed E-state index contributed by atoms with van der Waals surface area (Å²) >= 11 is 0. The highest BCUT2D eigenvalue weighted by Crippen LogP contribution is 2.25. The largest absolute Gasteiger partial charge is 0.491 e. The lowest BCUT2D eigenvalue weighted by Gasteiger charge is -2.08. The molecule has 0 fully saturated rings. The molecule has 2 aromatic rings. The first-order chi connectivity index (χ1) is 9.13. The lowest BCUT2D eigenvalue weighted by atomic mass is 10.1. The van der Waals surface area contributed by atoms with Gasteiger partial charge in [-0.1, -0.05) is 0 Å². The van der Waals surface area contributed by atoms with E-state index in [2.05, 4.69) is 9.97 Å². The van der Waals surface area contributed by atoms with Crippen LogP contribution in [0.25, 0.3) is 11.3 Å². The molecule has 19 heavy (non-hydrogen) atoms. The molecular weight excluding hydrogens is 247 g/mol. The third-order valence-corrected chi connectivity index (χ3v) is 2.54. The first-order valence-corrected chi connectivity index (χ1v) is 5.96. The molecule has 2 rings (SSSR count). The summed E-state index contributed by atoms with van der Waals surface area (Å²) in [5, 5.41) is 0. The number of nitrogens with zero attached hydrogens (tertiary/aromatic N) is 2. The molecule has 0 spiro atoms. The van der Waals surface area contributed by atoms with Gasteiger partial charge in [-0.15, -0.1) is 0 Å². The molecule has 1 aromatic carbocycles. The van der Waals surface area contributed by atoms with Gasteiger partial charge >= 0.3 is 6.01 Å². The van der Waals surface area contributed by atoms with E-state index in [1.165, 1.54) is 13.2 Å². The topological polar surface area (TPSA) is 44.2 Å². The van der Waals surface area contributed by atoms with Gasteiger partial charge in [-0.25, -0.2) is 9.37 Å². The quantitative estimate of drug-likeness (QED) is 0.849. The van der Waals surface area contributed by atoms with E-state index in [0.29, 0.717) is 17.9 Å². The first kappa shape index (κ1) is 13.3. The summed E-state index contributed by atoms with van der Waals surface area (Å²) in [7, 11) is 1.50. The van der Waals surface area contributed by atoms with Crippen molar-refractivity contribution in [2.24, 2.45) is 0 Å². The Hall–Kier alpha value is -2.17. The summed E-state index contributed by atoms with van der Waals surface area (Å²) in [5.41, 5.74) is 2.03.